The van der Waals surface area contributed by atoms with Crippen LogP contribution in [0.25, 0.3) is 0 Å². The Morgan fingerprint density at radius 3 is 2.43 bits per heavy atom. The smallest absolute Gasteiger partial charge is 0.321 e. The van der Waals surface area contributed by atoms with Crippen LogP contribution in [0, 0.1) is 10.1 Å². The van der Waals surface area contributed by atoms with Gasteiger partial charge in [0.05, 0.1) is 11.0 Å². The summed E-state index contributed by atoms with van der Waals surface area (Å²) in [7, 11) is 0. The van der Waals surface area contributed by atoms with E-state index < -0.39 is 22.9 Å². The lowest BCUT2D eigenvalue weighted by atomic mass is 10.2. The number of nitro groups is 1. The van der Waals surface area contributed by atoms with Crippen LogP contribution in [0.1, 0.15) is 19.4 Å². The summed E-state index contributed by atoms with van der Waals surface area (Å²) in [6, 6.07) is 4.92. The highest BCUT2D eigenvalue weighted by molar-refractivity contribution is 5.96. The number of rotatable bonds is 6. The predicted molar refractivity (Wildman–Crippen MR) is 76.6 cm³/mol. The maximum absolute atomic E-state index is 11.7. The number of nitro benzene ring substituents is 1. The average Bonchev–Trinajstić information content (AvgIpc) is 2.45. The van der Waals surface area contributed by atoms with Crippen molar-refractivity contribution in [3.63, 3.8) is 0 Å². The first kappa shape index (κ1) is 16.6. The third-order valence-electron chi connectivity index (χ3n) is 2.73. The Bertz CT molecular complexity index is 515. The largest absolute Gasteiger partial charge is 0.338 e. The second-order valence-electron chi connectivity index (χ2n) is 4.37. The molecule has 21 heavy (non-hydrogen) atoms. The second-order valence-corrected chi connectivity index (χ2v) is 4.37. The molecule has 0 aliphatic rings. The zero-order chi connectivity index (χ0) is 15.8. The number of carbonyl (C=O) groups excluding carboxylic acids is 2. The third-order valence-corrected chi connectivity index (χ3v) is 2.73. The van der Waals surface area contributed by atoms with E-state index in [0.717, 1.165) is 5.56 Å². The van der Waals surface area contributed by atoms with Crippen LogP contribution in [0.3, 0.4) is 0 Å². The molecule has 0 aliphatic carbocycles. The molecule has 0 aliphatic heterocycles. The molecule has 8 heteroatoms. The number of nitrogens with zero attached hydrogens (tertiary/aromatic N) is 1. The van der Waals surface area contributed by atoms with E-state index in [9.17, 15) is 19.7 Å². The molecule has 1 rings (SSSR count). The molecule has 0 aromatic heterocycles. The van der Waals surface area contributed by atoms with Gasteiger partial charge in [0.2, 0.25) is 5.91 Å². The highest BCUT2D eigenvalue weighted by atomic mass is 16.6. The van der Waals surface area contributed by atoms with Crippen LogP contribution >= 0.6 is 0 Å². The van der Waals surface area contributed by atoms with Gasteiger partial charge in [-0.05, 0) is 19.4 Å². The van der Waals surface area contributed by atoms with E-state index in [0.29, 0.717) is 13.1 Å². The molecule has 1 aromatic carbocycles. The number of nitrogens with one attached hydrogen (secondary N) is 3. The van der Waals surface area contributed by atoms with Crippen molar-refractivity contribution >= 4 is 17.6 Å². The van der Waals surface area contributed by atoms with Gasteiger partial charge in [0.1, 0.15) is 0 Å². The Morgan fingerprint density at radius 2 is 1.90 bits per heavy atom. The molecule has 0 bridgehead atoms. The topological polar surface area (TPSA) is 113 Å². The van der Waals surface area contributed by atoms with Crippen LogP contribution in [0.2, 0.25) is 0 Å². The number of hydrogen-bond acceptors (Lipinski definition) is 5. The Morgan fingerprint density at radius 1 is 1.29 bits per heavy atom. The van der Waals surface area contributed by atoms with Gasteiger partial charge in [-0.25, -0.2) is 4.79 Å². The molecule has 3 N–H and O–H groups in total. The van der Waals surface area contributed by atoms with Crippen molar-refractivity contribution in [2.45, 2.75) is 26.4 Å². The fraction of sp³-hybridized carbons (Fsp3) is 0.385. The van der Waals surface area contributed by atoms with Gasteiger partial charge in [-0.1, -0.05) is 12.1 Å². The lowest BCUT2D eigenvalue weighted by Gasteiger charge is -2.13. The molecule has 0 saturated carbocycles. The van der Waals surface area contributed by atoms with Crippen molar-refractivity contribution in [2.24, 2.45) is 0 Å². The van der Waals surface area contributed by atoms with Crippen molar-refractivity contribution < 1.29 is 14.5 Å². The van der Waals surface area contributed by atoms with Gasteiger partial charge in [0.25, 0.3) is 5.69 Å². The van der Waals surface area contributed by atoms with Crippen molar-refractivity contribution in [3.8, 4) is 0 Å². The zero-order valence-electron chi connectivity index (χ0n) is 11.9. The van der Waals surface area contributed by atoms with E-state index in [4.69, 9.17) is 0 Å². The highest BCUT2D eigenvalue weighted by Gasteiger charge is 2.14. The third kappa shape index (κ3) is 5.57. The quantitative estimate of drug-likeness (QED) is 0.533. The maximum atomic E-state index is 11.7. The average molecular weight is 294 g/mol. The maximum Gasteiger partial charge on any atom is 0.321 e. The summed E-state index contributed by atoms with van der Waals surface area (Å²) in [6.07, 6.45) is 0. The summed E-state index contributed by atoms with van der Waals surface area (Å²) in [5.74, 6) is -0.442. The van der Waals surface area contributed by atoms with E-state index in [1.165, 1.54) is 12.1 Å². The minimum atomic E-state index is -0.567. The first-order valence-corrected chi connectivity index (χ1v) is 6.49. The minimum absolute atomic E-state index is 0.0146. The molecule has 0 heterocycles. The Kier molecular flexibility index (Phi) is 6.28. The number of hydrogen-bond donors (Lipinski definition) is 3. The van der Waals surface area contributed by atoms with Crippen LogP contribution < -0.4 is 16.0 Å². The van der Waals surface area contributed by atoms with E-state index in [1.807, 2.05) is 0 Å². The van der Waals surface area contributed by atoms with Gasteiger partial charge in [0.15, 0.2) is 0 Å². The molecule has 114 valence electrons. The van der Waals surface area contributed by atoms with Crippen LogP contribution in [0.15, 0.2) is 24.3 Å². The van der Waals surface area contributed by atoms with Crippen molar-refractivity contribution in [1.82, 2.24) is 16.0 Å². The molecule has 3 amide bonds. The molecule has 1 atom stereocenters. The lowest BCUT2D eigenvalue weighted by molar-refractivity contribution is -0.384. The van der Waals surface area contributed by atoms with Crippen LogP contribution in [0.4, 0.5) is 10.5 Å². The lowest BCUT2D eigenvalue weighted by Crippen LogP contribution is -2.47. The van der Waals surface area contributed by atoms with E-state index in [1.54, 1.807) is 26.0 Å². The summed E-state index contributed by atoms with van der Waals surface area (Å²) in [5.41, 5.74) is 0.819. The predicted octanol–water partition coefficient (Wildman–Crippen LogP) is 0.919. The monoisotopic (exact) mass is 294 g/mol. The number of urea groups is 1. The summed E-state index contributed by atoms with van der Waals surface area (Å²) in [6.45, 7) is 4.17. The number of carbonyl (C=O) groups is 2. The van der Waals surface area contributed by atoms with Gasteiger partial charge in [-0.15, -0.1) is 0 Å². The Labute approximate surface area is 122 Å². The fourth-order valence-corrected chi connectivity index (χ4v) is 1.52. The molecule has 8 nitrogen and oxygen atoms in total. The number of imide groups is 1. The van der Waals surface area contributed by atoms with Gasteiger partial charge < -0.3 is 10.6 Å². The second kappa shape index (κ2) is 7.95. The van der Waals surface area contributed by atoms with E-state index in [-0.39, 0.29) is 5.69 Å². The fourth-order valence-electron chi connectivity index (χ4n) is 1.52. The number of non-ortho nitro benzene ring substituents is 1. The normalized spacial score (nSPS) is 11.5. The molecular formula is C13H18N4O4. The molecule has 1 unspecified atom stereocenters. The summed E-state index contributed by atoms with van der Waals surface area (Å²) < 4.78 is 0. The van der Waals surface area contributed by atoms with Gasteiger partial charge in [-0.2, -0.15) is 0 Å². The number of amides is 3. The van der Waals surface area contributed by atoms with Gasteiger partial charge in [-0.3, -0.25) is 20.2 Å². The van der Waals surface area contributed by atoms with E-state index >= 15 is 0 Å². The minimum Gasteiger partial charge on any atom is -0.338 e. The molecule has 0 spiro atoms. The molecule has 0 fully saturated rings. The number of benzene rings is 1. The van der Waals surface area contributed by atoms with Crippen LogP contribution in [-0.2, 0) is 11.3 Å². The summed E-state index contributed by atoms with van der Waals surface area (Å²) >= 11 is 0. The standard InChI is InChI=1S/C13H18N4O4/c1-3-14-13(19)16-12(18)9(2)15-8-10-4-6-11(7-5-10)17(20)21/h4-7,9,15H,3,8H2,1-2H3,(H2,14,16,18,19). The summed E-state index contributed by atoms with van der Waals surface area (Å²) in [4.78, 5) is 32.9. The SMILES string of the molecule is CCNC(=O)NC(=O)C(C)NCc1ccc([N+](=O)[O-])cc1. The highest BCUT2D eigenvalue weighted by Crippen LogP contribution is 2.11. The molecule has 0 radical (unpaired) electrons. The first-order valence-electron chi connectivity index (χ1n) is 6.49. The van der Waals surface area contributed by atoms with Gasteiger partial charge >= 0.3 is 6.03 Å². The molecule has 1 aromatic rings. The van der Waals surface area contributed by atoms with Crippen molar-refractivity contribution in [3.05, 3.63) is 39.9 Å². The first-order chi connectivity index (χ1) is 9.93. The Hall–Kier alpha value is -2.48. The Balaban J connectivity index is 2.45. The van der Waals surface area contributed by atoms with Gasteiger partial charge in [0, 0.05) is 25.2 Å². The molecule has 0 saturated heterocycles. The van der Waals surface area contributed by atoms with E-state index in [2.05, 4.69) is 16.0 Å². The van der Waals surface area contributed by atoms with Crippen molar-refractivity contribution in [1.29, 1.82) is 0 Å². The molecular weight excluding hydrogens is 276 g/mol. The van der Waals surface area contributed by atoms with Crippen LogP contribution in [0.5, 0.6) is 0 Å². The van der Waals surface area contributed by atoms with Crippen LogP contribution in [-0.4, -0.2) is 29.4 Å². The zero-order valence-corrected chi connectivity index (χ0v) is 11.9. The van der Waals surface area contributed by atoms with Crippen molar-refractivity contribution in [2.75, 3.05) is 6.54 Å². The summed E-state index contributed by atoms with van der Waals surface area (Å²) in [5, 5.41) is 18.1.